The van der Waals surface area contributed by atoms with Gasteiger partial charge in [0.1, 0.15) is 11.6 Å². The number of hydrogen-bond acceptors (Lipinski definition) is 5. The number of ether oxygens (including phenoxy) is 2. The molecule has 0 aliphatic rings. The molecule has 0 bridgehead atoms. The average molecular weight is 555 g/mol. The van der Waals surface area contributed by atoms with E-state index in [2.05, 4.69) is 51.8 Å². The zero-order valence-electron chi connectivity index (χ0n) is 26.2. The second-order valence-corrected chi connectivity index (χ2v) is 18.5. The largest absolute Gasteiger partial charge is 0.466 e. The number of alkyl carbamates (subject to hydrolysis) is 1. The molecule has 222 valence electrons. The van der Waals surface area contributed by atoms with E-state index in [0.29, 0.717) is 26.0 Å². The van der Waals surface area contributed by atoms with Gasteiger partial charge < -0.3 is 19.7 Å². The number of rotatable bonds is 18. The molecule has 7 nitrogen and oxygen atoms in total. The van der Waals surface area contributed by atoms with Crippen molar-refractivity contribution in [1.29, 1.82) is 0 Å². The molecule has 0 fully saturated rings. The lowest BCUT2D eigenvalue weighted by atomic mass is 10.0. The van der Waals surface area contributed by atoms with Crippen molar-refractivity contribution in [3.63, 3.8) is 0 Å². The topological polar surface area (TPSA) is 84.9 Å². The number of esters is 1. The molecule has 0 saturated carbocycles. The summed E-state index contributed by atoms with van der Waals surface area (Å²) in [5, 5.41) is 2.89. The van der Waals surface area contributed by atoms with E-state index in [-0.39, 0.29) is 17.8 Å². The summed E-state index contributed by atoms with van der Waals surface area (Å²) in [6, 6.07) is 0.351. The lowest BCUT2D eigenvalue weighted by Gasteiger charge is -2.33. The van der Waals surface area contributed by atoms with Crippen molar-refractivity contribution in [2.45, 2.75) is 144 Å². The second kappa shape index (κ2) is 18.5. The fourth-order valence-corrected chi connectivity index (χ4v) is 4.87. The van der Waals surface area contributed by atoms with Crippen LogP contribution in [0.2, 0.25) is 25.7 Å². The molecule has 0 aromatic carbocycles. The normalized spacial score (nSPS) is 13.3. The zero-order chi connectivity index (χ0) is 29.4. The van der Waals surface area contributed by atoms with E-state index in [9.17, 15) is 14.4 Å². The van der Waals surface area contributed by atoms with Crippen LogP contribution in [0.5, 0.6) is 0 Å². The first-order chi connectivity index (χ1) is 17.6. The number of nitrogens with one attached hydrogen (secondary N) is 1. The second-order valence-electron chi connectivity index (χ2n) is 12.8. The molecule has 0 rings (SSSR count). The number of nitrogens with zero attached hydrogens (tertiary/aromatic N) is 1. The van der Waals surface area contributed by atoms with Crippen molar-refractivity contribution >= 4 is 26.0 Å². The van der Waals surface area contributed by atoms with Crippen LogP contribution in [0.3, 0.4) is 0 Å². The number of allylic oxidation sites excluding steroid dienone is 2. The van der Waals surface area contributed by atoms with Crippen molar-refractivity contribution in [1.82, 2.24) is 10.2 Å². The van der Waals surface area contributed by atoms with Crippen LogP contribution >= 0.6 is 0 Å². The Balaban J connectivity index is 5.80. The molecule has 1 N–H and O–H groups in total. The van der Waals surface area contributed by atoms with Crippen LogP contribution in [0, 0.1) is 5.92 Å². The van der Waals surface area contributed by atoms with Gasteiger partial charge in [-0.05, 0) is 78.2 Å². The number of carbonyl (C=O) groups excluding carboxylic acids is 3. The molecule has 8 heteroatoms. The molecular weight excluding hydrogens is 496 g/mol. The number of carbonyl (C=O) groups is 3. The third kappa shape index (κ3) is 18.4. The number of hydrogen-bond donors (Lipinski definition) is 1. The van der Waals surface area contributed by atoms with Gasteiger partial charge in [-0.1, -0.05) is 59.3 Å². The Kier molecular flexibility index (Phi) is 17.6. The van der Waals surface area contributed by atoms with Crippen LogP contribution in [-0.4, -0.2) is 55.7 Å². The molecule has 0 aliphatic carbocycles. The van der Waals surface area contributed by atoms with Crippen LogP contribution in [0.1, 0.15) is 106 Å². The quantitative estimate of drug-likeness (QED) is 0.107. The maximum Gasteiger partial charge on any atom is 0.408 e. The molecule has 0 aromatic heterocycles. The summed E-state index contributed by atoms with van der Waals surface area (Å²) in [4.78, 5) is 40.3. The van der Waals surface area contributed by atoms with E-state index in [0.717, 1.165) is 56.7 Å². The van der Waals surface area contributed by atoms with Crippen molar-refractivity contribution in [3.8, 4) is 0 Å². The molecule has 0 heterocycles. The molecule has 0 unspecified atom stereocenters. The third-order valence-electron chi connectivity index (χ3n) is 5.95. The Morgan fingerprint density at radius 3 is 2.16 bits per heavy atom. The maximum absolute atomic E-state index is 14.1. The zero-order valence-corrected chi connectivity index (χ0v) is 27.2. The highest BCUT2D eigenvalue weighted by molar-refractivity contribution is 6.76. The highest BCUT2D eigenvalue weighted by atomic mass is 28.3. The predicted molar refractivity (Wildman–Crippen MR) is 160 cm³/mol. The number of amides is 2. The third-order valence-corrected chi connectivity index (χ3v) is 7.67. The summed E-state index contributed by atoms with van der Waals surface area (Å²) >= 11 is 0. The predicted octanol–water partition coefficient (Wildman–Crippen LogP) is 7.68. The Bertz CT molecular complexity index is 738. The van der Waals surface area contributed by atoms with E-state index in [1.54, 1.807) is 0 Å². The standard InChI is InChI=1S/C30H58N2O5Si/c1-11-13-18-25(19-16-14-15-17-20-27(33)36-12-2)32(21-22-38(8,9)10)28(34)26(23-24(3)4)31-29(35)37-30(5,6)7/h19,24,26H,11-18,20-23H2,1-10H3,(H,31,35)/b25-19-/t26-/m0/s1. The van der Waals surface area contributed by atoms with Gasteiger partial charge in [-0.25, -0.2) is 4.79 Å². The van der Waals surface area contributed by atoms with Gasteiger partial charge in [0.25, 0.3) is 0 Å². The van der Waals surface area contributed by atoms with Crippen LogP contribution < -0.4 is 5.32 Å². The summed E-state index contributed by atoms with van der Waals surface area (Å²) in [6.45, 7) is 21.6. The minimum atomic E-state index is -1.42. The first-order valence-corrected chi connectivity index (χ1v) is 18.5. The summed E-state index contributed by atoms with van der Waals surface area (Å²) in [5.41, 5.74) is 0.423. The van der Waals surface area contributed by atoms with Crippen LogP contribution in [0.25, 0.3) is 0 Å². The lowest BCUT2D eigenvalue weighted by molar-refractivity contribution is -0.143. The van der Waals surface area contributed by atoms with E-state index in [4.69, 9.17) is 9.47 Å². The average Bonchev–Trinajstić information content (AvgIpc) is 2.76. The van der Waals surface area contributed by atoms with Gasteiger partial charge in [0.05, 0.1) is 6.61 Å². The van der Waals surface area contributed by atoms with Gasteiger partial charge in [-0.3, -0.25) is 9.59 Å². The van der Waals surface area contributed by atoms with Gasteiger partial charge in [-0.2, -0.15) is 0 Å². The molecule has 0 saturated heterocycles. The highest BCUT2D eigenvalue weighted by Crippen LogP contribution is 2.22. The lowest BCUT2D eigenvalue weighted by Crippen LogP contribution is -2.50. The number of unbranched alkanes of at least 4 members (excludes halogenated alkanes) is 4. The molecule has 0 aromatic rings. The van der Waals surface area contributed by atoms with E-state index >= 15 is 0 Å². The van der Waals surface area contributed by atoms with Gasteiger partial charge in [0.2, 0.25) is 5.91 Å². The van der Waals surface area contributed by atoms with Crippen LogP contribution in [0.15, 0.2) is 11.8 Å². The summed E-state index contributed by atoms with van der Waals surface area (Å²) in [6.07, 6.45) is 9.09. The summed E-state index contributed by atoms with van der Waals surface area (Å²) in [7, 11) is -1.42. The van der Waals surface area contributed by atoms with Gasteiger partial charge >= 0.3 is 12.1 Å². The summed E-state index contributed by atoms with van der Waals surface area (Å²) < 4.78 is 10.5. The molecule has 38 heavy (non-hydrogen) atoms. The minimum absolute atomic E-state index is 0.0486. The van der Waals surface area contributed by atoms with Crippen LogP contribution in [0.4, 0.5) is 4.79 Å². The first-order valence-electron chi connectivity index (χ1n) is 14.7. The van der Waals surface area contributed by atoms with Crippen LogP contribution in [-0.2, 0) is 19.1 Å². The fraction of sp³-hybridized carbons (Fsp3) is 0.833. The van der Waals surface area contributed by atoms with Crippen molar-refractivity contribution in [2.75, 3.05) is 13.2 Å². The van der Waals surface area contributed by atoms with Crippen molar-refractivity contribution in [3.05, 3.63) is 11.8 Å². The Morgan fingerprint density at radius 2 is 1.63 bits per heavy atom. The molecule has 0 radical (unpaired) electrons. The van der Waals surface area contributed by atoms with Crippen molar-refractivity contribution in [2.24, 2.45) is 5.92 Å². The molecule has 2 amide bonds. The van der Waals surface area contributed by atoms with E-state index in [1.165, 1.54) is 0 Å². The molecule has 1 atom stereocenters. The van der Waals surface area contributed by atoms with Gasteiger partial charge in [0, 0.05) is 26.7 Å². The highest BCUT2D eigenvalue weighted by Gasteiger charge is 2.31. The Morgan fingerprint density at radius 1 is 0.974 bits per heavy atom. The first kappa shape index (κ1) is 36.2. The Labute approximate surface area is 234 Å². The molecular formula is C30H58N2O5Si. The smallest absolute Gasteiger partial charge is 0.408 e. The SMILES string of the molecule is CCCC/C(=C/CCCCCC(=O)OCC)N(CC[Si](C)(C)C)C(=O)[C@H](CC(C)C)NC(=O)OC(C)(C)C. The van der Waals surface area contributed by atoms with E-state index < -0.39 is 25.8 Å². The summed E-state index contributed by atoms with van der Waals surface area (Å²) in [5.74, 6) is 0.0520. The molecule has 0 aliphatic heterocycles. The van der Waals surface area contributed by atoms with Crippen molar-refractivity contribution < 1.29 is 23.9 Å². The minimum Gasteiger partial charge on any atom is -0.466 e. The molecule has 0 spiro atoms. The fourth-order valence-electron chi connectivity index (χ4n) is 3.97. The van der Waals surface area contributed by atoms with E-state index in [1.807, 2.05) is 32.6 Å². The monoisotopic (exact) mass is 554 g/mol. The van der Waals surface area contributed by atoms with Gasteiger partial charge in [0.15, 0.2) is 0 Å². The van der Waals surface area contributed by atoms with Gasteiger partial charge in [-0.15, -0.1) is 0 Å². The Hall–Kier alpha value is -1.83. The maximum atomic E-state index is 14.1.